The Morgan fingerprint density at radius 1 is 1.42 bits per heavy atom. The van der Waals surface area contributed by atoms with Crippen LogP contribution in [0.4, 0.5) is 0 Å². The van der Waals surface area contributed by atoms with Gasteiger partial charge in [-0.1, -0.05) is 30.3 Å². The number of thioether (sulfide) groups is 1. The van der Waals surface area contributed by atoms with Crippen molar-refractivity contribution in [1.82, 2.24) is 10.1 Å². The summed E-state index contributed by atoms with van der Waals surface area (Å²) in [5, 5.41) is 4.11. The molecule has 1 aromatic carbocycles. The normalized spacial score (nSPS) is 22.2. The van der Waals surface area contributed by atoms with Crippen LogP contribution in [0.25, 0.3) is 0 Å². The van der Waals surface area contributed by atoms with E-state index in [-0.39, 0.29) is 0 Å². The second kappa shape index (κ2) is 4.98. The minimum atomic E-state index is -0.614. The van der Waals surface area contributed by atoms with Gasteiger partial charge in [0.15, 0.2) is 5.82 Å². The van der Waals surface area contributed by atoms with Crippen LogP contribution in [0, 0.1) is 0 Å². The van der Waals surface area contributed by atoms with Gasteiger partial charge in [-0.15, -0.1) is 11.8 Å². The molecule has 1 unspecified atom stereocenters. The molecule has 0 aliphatic carbocycles. The first-order chi connectivity index (χ1) is 9.24. The molecule has 5 heteroatoms. The predicted octanol–water partition coefficient (Wildman–Crippen LogP) is 2.72. The molecule has 1 aliphatic rings. The third kappa shape index (κ3) is 2.17. The van der Waals surface area contributed by atoms with E-state index >= 15 is 0 Å². The summed E-state index contributed by atoms with van der Waals surface area (Å²) in [5.74, 6) is 2.27. The number of aromatic nitrogens is 2. The first-order valence-corrected chi connectivity index (χ1v) is 7.57. The summed E-state index contributed by atoms with van der Waals surface area (Å²) >= 11 is 1.84. The Bertz CT molecular complexity index is 584. The molecular weight excluding hydrogens is 258 g/mol. The Hall–Kier alpha value is -1.33. The van der Waals surface area contributed by atoms with Gasteiger partial charge in [0, 0.05) is 17.1 Å². The van der Waals surface area contributed by atoms with E-state index < -0.39 is 5.54 Å². The molecule has 0 amide bonds. The summed E-state index contributed by atoms with van der Waals surface area (Å²) < 4.78 is 5.29. The van der Waals surface area contributed by atoms with Crippen molar-refractivity contribution in [3.63, 3.8) is 0 Å². The van der Waals surface area contributed by atoms with Crippen molar-refractivity contribution in [3.8, 4) is 0 Å². The average molecular weight is 275 g/mol. The molecule has 0 radical (unpaired) electrons. The van der Waals surface area contributed by atoms with E-state index in [0.717, 1.165) is 30.6 Å². The minimum absolute atomic E-state index is 0.614. The van der Waals surface area contributed by atoms with Crippen LogP contribution in [0.5, 0.6) is 0 Å². The quantitative estimate of drug-likeness (QED) is 0.933. The van der Waals surface area contributed by atoms with Crippen molar-refractivity contribution in [2.24, 2.45) is 5.73 Å². The smallest absolute Gasteiger partial charge is 0.226 e. The van der Waals surface area contributed by atoms with Crippen LogP contribution >= 0.6 is 11.8 Å². The lowest BCUT2D eigenvalue weighted by Crippen LogP contribution is -2.42. The summed E-state index contributed by atoms with van der Waals surface area (Å²) in [5.41, 5.74) is 7.10. The SMILES string of the molecule is CCCc1nc(C2(N)CCSc3ccccc32)no1. The maximum Gasteiger partial charge on any atom is 0.226 e. The molecular formula is C14H17N3OS. The second-order valence-electron chi connectivity index (χ2n) is 4.83. The molecule has 4 nitrogen and oxygen atoms in total. The lowest BCUT2D eigenvalue weighted by molar-refractivity contribution is 0.356. The van der Waals surface area contributed by atoms with Crippen molar-refractivity contribution in [2.75, 3.05) is 5.75 Å². The number of fused-ring (bicyclic) bond motifs is 1. The minimum Gasteiger partial charge on any atom is -0.339 e. The zero-order valence-corrected chi connectivity index (χ0v) is 11.7. The van der Waals surface area contributed by atoms with E-state index in [1.165, 1.54) is 4.90 Å². The molecule has 3 rings (SSSR count). The Labute approximate surface area is 116 Å². The molecule has 0 saturated heterocycles. The number of hydrogen-bond donors (Lipinski definition) is 1. The van der Waals surface area contributed by atoms with Gasteiger partial charge in [-0.3, -0.25) is 0 Å². The first-order valence-electron chi connectivity index (χ1n) is 6.58. The third-order valence-electron chi connectivity index (χ3n) is 3.45. The monoisotopic (exact) mass is 275 g/mol. The second-order valence-corrected chi connectivity index (χ2v) is 5.96. The Kier molecular flexibility index (Phi) is 3.33. The van der Waals surface area contributed by atoms with Crippen molar-refractivity contribution in [1.29, 1.82) is 0 Å². The van der Waals surface area contributed by atoms with Gasteiger partial charge in [-0.05, 0) is 24.5 Å². The fraction of sp³-hybridized carbons (Fsp3) is 0.429. The van der Waals surface area contributed by atoms with Crippen molar-refractivity contribution >= 4 is 11.8 Å². The van der Waals surface area contributed by atoms with Gasteiger partial charge in [-0.2, -0.15) is 4.98 Å². The van der Waals surface area contributed by atoms with Crippen LogP contribution in [0.15, 0.2) is 33.7 Å². The first kappa shape index (κ1) is 12.7. The number of nitrogens with two attached hydrogens (primary N) is 1. The fourth-order valence-corrected chi connectivity index (χ4v) is 3.63. The van der Waals surface area contributed by atoms with Crippen LogP contribution < -0.4 is 5.73 Å². The van der Waals surface area contributed by atoms with E-state index in [2.05, 4.69) is 29.2 Å². The maximum atomic E-state index is 6.60. The summed E-state index contributed by atoms with van der Waals surface area (Å²) in [4.78, 5) is 5.70. The average Bonchev–Trinajstić information content (AvgIpc) is 2.89. The molecule has 0 bridgehead atoms. The molecule has 0 saturated carbocycles. The van der Waals surface area contributed by atoms with E-state index in [1.54, 1.807) is 0 Å². The Balaban J connectivity index is 2.03. The highest BCUT2D eigenvalue weighted by atomic mass is 32.2. The number of aryl methyl sites for hydroxylation is 1. The van der Waals surface area contributed by atoms with Gasteiger partial charge in [0.1, 0.15) is 5.54 Å². The number of nitrogens with zero attached hydrogens (tertiary/aromatic N) is 2. The van der Waals surface area contributed by atoms with Crippen LogP contribution in [-0.2, 0) is 12.0 Å². The molecule has 1 aromatic heterocycles. The highest BCUT2D eigenvalue weighted by molar-refractivity contribution is 7.99. The summed E-state index contributed by atoms with van der Waals surface area (Å²) in [7, 11) is 0. The lowest BCUT2D eigenvalue weighted by atomic mass is 9.87. The molecule has 1 aliphatic heterocycles. The van der Waals surface area contributed by atoms with Crippen molar-refractivity contribution in [2.45, 2.75) is 36.6 Å². The Morgan fingerprint density at radius 2 is 2.26 bits per heavy atom. The number of benzene rings is 1. The van der Waals surface area contributed by atoms with Gasteiger partial charge >= 0.3 is 0 Å². The molecule has 0 spiro atoms. The van der Waals surface area contributed by atoms with Gasteiger partial charge < -0.3 is 10.3 Å². The molecule has 2 heterocycles. The molecule has 1 atom stereocenters. The number of rotatable bonds is 3. The highest BCUT2D eigenvalue weighted by Gasteiger charge is 2.38. The highest BCUT2D eigenvalue weighted by Crippen LogP contribution is 2.41. The van der Waals surface area contributed by atoms with Crippen LogP contribution in [0.2, 0.25) is 0 Å². The van der Waals surface area contributed by atoms with Gasteiger partial charge in [0.25, 0.3) is 0 Å². The molecule has 19 heavy (non-hydrogen) atoms. The van der Waals surface area contributed by atoms with Crippen molar-refractivity contribution < 1.29 is 4.52 Å². The Morgan fingerprint density at radius 3 is 3.11 bits per heavy atom. The topological polar surface area (TPSA) is 64.9 Å². The van der Waals surface area contributed by atoms with Crippen LogP contribution in [0.1, 0.15) is 37.0 Å². The van der Waals surface area contributed by atoms with E-state index in [4.69, 9.17) is 10.3 Å². The lowest BCUT2D eigenvalue weighted by Gasteiger charge is -2.32. The molecule has 2 aromatic rings. The van der Waals surface area contributed by atoms with E-state index in [0.29, 0.717) is 11.7 Å². The van der Waals surface area contributed by atoms with Crippen LogP contribution in [-0.4, -0.2) is 15.9 Å². The molecule has 0 fully saturated rings. The summed E-state index contributed by atoms with van der Waals surface area (Å²) in [6.45, 7) is 2.09. The van der Waals surface area contributed by atoms with Crippen molar-refractivity contribution in [3.05, 3.63) is 41.5 Å². The largest absolute Gasteiger partial charge is 0.339 e. The molecule has 100 valence electrons. The zero-order valence-electron chi connectivity index (χ0n) is 10.9. The maximum absolute atomic E-state index is 6.60. The predicted molar refractivity (Wildman–Crippen MR) is 75.0 cm³/mol. The third-order valence-corrected chi connectivity index (χ3v) is 4.53. The van der Waals surface area contributed by atoms with E-state index in [9.17, 15) is 0 Å². The van der Waals surface area contributed by atoms with Gasteiger partial charge in [0.05, 0.1) is 0 Å². The summed E-state index contributed by atoms with van der Waals surface area (Å²) in [6, 6.07) is 8.22. The van der Waals surface area contributed by atoms with E-state index in [1.807, 2.05) is 23.9 Å². The standard InChI is InChI=1S/C14H17N3OS/c1-2-5-12-16-13(17-18-12)14(15)8-9-19-11-7-4-3-6-10(11)14/h3-4,6-7H,2,5,8-9,15H2,1H3. The fourth-order valence-electron chi connectivity index (χ4n) is 2.40. The number of hydrogen-bond acceptors (Lipinski definition) is 5. The molecule has 2 N–H and O–H groups in total. The summed E-state index contributed by atoms with van der Waals surface area (Å²) in [6.07, 6.45) is 2.63. The van der Waals surface area contributed by atoms with Gasteiger partial charge in [-0.25, -0.2) is 0 Å². The van der Waals surface area contributed by atoms with Crippen LogP contribution in [0.3, 0.4) is 0 Å². The van der Waals surface area contributed by atoms with Gasteiger partial charge in [0.2, 0.25) is 5.89 Å². The zero-order chi connectivity index (χ0) is 13.3.